The fourth-order valence-corrected chi connectivity index (χ4v) is 2.87. The van der Waals surface area contributed by atoms with Crippen LogP contribution in [0.15, 0.2) is 29.6 Å². The largest absolute Gasteiger partial charge is 0.353 e. The van der Waals surface area contributed by atoms with Gasteiger partial charge in [-0.05, 0) is 35.0 Å². The van der Waals surface area contributed by atoms with E-state index in [9.17, 15) is 9.59 Å². The molecule has 0 bridgehead atoms. The molecule has 92 valence electrons. The average molecular weight is 260 g/mol. The second-order valence-corrected chi connectivity index (χ2v) is 5.20. The molecule has 0 unspecified atom stereocenters. The number of fused-ring (bicyclic) bond motifs is 1. The highest BCUT2D eigenvalue weighted by atomic mass is 32.1. The molecule has 0 radical (unpaired) electrons. The van der Waals surface area contributed by atoms with Crippen molar-refractivity contribution in [3.8, 4) is 0 Å². The summed E-state index contributed by atoms with van der Waals surface area (Å²) in [6, 6.07) is 7.67. The number of rotatable bonds is 1. The average Bonchev–Trinajstić information content (AvgIpc) is 2.85. The number of hydrogen-bond acceptors (Lipinski definition) is 3. The molecule has 1 aromatic carbocycles. The second kappa shape index (κ2) is 4.42. The Bertz CT molecular complexity index is 620. The maximum Gasteiger partial charge on any atom is 0.254 e. The third kappa shape index (κ3) is 1.97. The number of carbonyl (C=O) groups excluding carboxylic acids is 2. The van der Waals surface area contributed by atoms with Crippen molar-refractivity contribution in [1.29, 1.82) is 0 Å². The molecule has 2 heterocycles. The number of amides is 2. The van der Waals surface area contributed by atoms with E-state index in [1.807, 2.05) is 29.6 Å². The summed E-state index contributed by atoms with van der Waals surface area (Å²) in [5.41, 5.74) is 0.649. The summed E-state index contributed by atoms with van der Waals surface area (Å²) in [6.07, 6.45) is 0. The number of carbonyl (C=O) groups is 2. The Morgan fingerprint density at radius 1 is 1.33 bits per heavy atom. The monoisotopic (exact) mass is 260 g/mol. The number of benzene rings is 1. The quantitative estimate of drug-likeness (QED) is 0.844. The lowest BCUT2D eigenvalue weighted by Crippen LogP contribution is -2.49. The zero-order chi connectivity index (χ0) is 12.5. The van der Waals surface area contributed by atoms with Gasteiger partial charge in [0.15, 0.2) is 0 Å². The Morgan fingerprint density at radius 3 is 3.06 bits per heavy atom. The third-order valence-electron chi connectivity index (χ3n) is 3.02. The van der Waals surface area contributed by atoms with Crippen LogP contribution in [0.1, 0.15) is 10.4 Å². The molecule has 0 atom stereocenters. The van der Waals surface area contributed by atoms with Crippen LogP contribution < -0.4 is 5.32 Å². The van der Waals surface area contributed by atoms with E-state index in [4.69, 9.17) is 0 Å². The van der Waals surface area contributed by atoms with Gasteiger partial charge in [-0.3, -0.25) is 9.59 Å². The SMILES string of the molecule is O=C1CN(C(=O)c2ccc3sccc3c2)CCN1. The highest BCUT2D eigenvalue weighted by Gasteiger charge is 2.22. The van der Waals surface area contributed by atoms with E-state index < -0.39 is 0 Å². The molecule has 1 aliphatic heterocycles. The van der Waals surface area contributed by atoms with Gasteiger partial charge in [0.25, 0.3) is 5.91 Å². The summed E-state index contributed by atoms with van der Waals surface area (Å²) in [5, 5.41) is 5.80. The standard InChI is InChI=1S/C13H12N2O2S/c16-12-8-15(5-4-14-12)13(17)10-1-2-11-9(7-10)3-6-18-11/h1-3,6-7H,4-5,8H2,(H,14,16). The molecule has 1 aliphatic rings. The molecular weight excluding hydrogens is 248 g/mol. The van der Waals surface area contributed by atoms with Gasteiger partial charge in [-0.15, -0.1) is 11.3 Å². The Kier molecular flexibility index (Phi) is 2.76. The normalized spacial score (nSPS) is 15.8. The van der Waals surface area contributed by atoms with Gasteiger partial charge in [-0.1, -0.05) is 0 Å². The molecule has 2 amide bonds. The molecule has 0 saturated carbocycles. The lowest BCUT2D eigenvalue weighted by Gasteiger charge is -2.26. The van der Waals surface area contributed by atoms with Crippen molar-refractivity contribution in [3.63, 3.8) is 0 Å². The van der Waals surface area contributed by atoms with Gasteiger partial charge >= 0.3 is 0 Å². The van der Waals surface area contributed by atoms with Crippen molar-refractivity contribution in [3.05, 3.63) is 35.2 Å². The molecular formula is C13H12N2O2S. The lowest BCUT2D eigenvalue weighted by molar-refractivity contribution is -0.123. The first-order chi connectivity index (χ1) is 8.74. The van der Waals surface area contributed by atoms with Gasteiger partial charge in [-0.2, -0.15) is 0 Å². The number of nitrogens with zero attached hydrogens (tertiary/aromatic N) is 1. The molecule has 3 rings (SSSR count). The van der Waals surface area contributed by atoms with E-state index in [0.717, 1.165) is 5.39 Å². The van der Waals surface area contributed by atoms with E-state index >= 15 is 0 Å². The van der Waals surface area contributed by atoms with Crippen molar-refractivity contribution >= 4 is 33.2 Å². The first-order valence-electron chi connectivity index (χ1n) is 5.77. The van der Waals surface area contributed by atoms with Crippen molar-refractivity contribution in [1.82, 2.24) is 10.2 Å². The number of thiophene rings is 1. The zero-order valence-corrected chi connectivity index (χ0v) is 10.5. The van der Waals surface area contributed by atoms with Crippen LogP contribution in [-0.2, 0) is 4.79 Å². The van der Waals surface area contributed by atoms with Crippen LogP contribution in [0.3, 0.4) is 0 Å². The minimum absolute atomic E-state index is 0.0713. The fourth-order valence-electron chi connectivity index (χ4n) is 2.09. The van der Waals surface area contributed by atoms with E-state index in [-0.39, 0.29) is 18.4 Å². The van der Waals surface area contributed by atoms with Crippen LogP contribution in [0, 0.1) is 0 Å². The zero-order valence-electron chi connectivity index (χ0n) is 9.68. The van der Waals surface area contributed by atoms with Crippen LogP contribution in [-0.4, -0.2) is 36.3 Å². The molecule has 4 nitrogen and oxygen atoms in total. The molecule has 1 saturated heterocycles. The van der Waals surface area contributed by atoms with Crippen molar-refractivity contribution in [2.24, 2.45) is 0 Å². The number of hydrogen-bond donors (Lipinski definition) is 1. The fraction of sp³-hybridized carbons (Fsp3) is 0.231. The van der Waals surface area contributed by atoms with Gasteiger partial charge in [0.05, 0.1) is 6.54 Å². The highest BCUT2D eigenvalue weighted by molar-refractivity contribution is 7.17. The maximum absolute atomic E-state index is 12.3. The van der Waals surface area contributed by atoms with E-state index in [1.165, 1.54) is 4.70 Å². The molecule has 0 spiro atoms. The van der Waals surface area contributed by atoms with Crippen molar-refractivity contribution in [2.45, 2.75) is 0 Å². The Hall–Kier alpha value is -1.88. The maximum atomic E-state index is 12.3. The van der Waals surface area contributed by atoms with E-state index in [2.05, 4.69) is 5.32 Å². The first kappa shape index (κ1) is 11.2. The van der Waals surface area contributed by atoms with Crippen LogP contribution >= 0.6 is 11.3 Å². The van der Waals surface area contributed by atoms with Crippen LogP contribution in [0.25, 0.3) is 10.1 Å². The molecule has 1 fully saturated rings. The molecule has 5 heteroatoms. The van der Waals surface area contributed by atoms with Crippen molar-refractivity contribution < 1.29 is 9.59 Å². The molecule has 1 aromatic heterocycles. The molecule has 0 aliphatic carbocycles. The minimum atomic E-state index is -0.0915. The number of piperazine rings is 1. The van der Waals surface area contributed by atoms with Crippen LogP contribution in [0.2, 0.25) is 0 Å². The van der Waals surface area contributed by atoms with Crippen LogP contribution in [0.4, 0.5) is 0 Å². The predicted molar refractivity (Wildman–Crippen MR) is 70.7 cm³/mol. The molecule has 18 heavy (non-hydrogen) atoms. The van der Waals surface area contributed by atoms with E-state index in [1.54, 1.807) is 16.2 Å². The van der Waals surface area contributed by atoms with Gasteiger partial charge in [0.1, 0.15) is 0 Å². The second-order valence-electron chi connectivity index (χ2n) is 4.25. The van der Waals surface area contributed by atoms with Gasteiger partial charge < -0.3 is 10.2 Å². The summed E-state index contributed by atoms with van der Waals surface area (Å²) in [7, 11) is 0. The van der Waals surface area contributed by atoms with Gasteiger partial charge in [-0.25, -0.2) is 0 Å². The topological polar surface area (TPSA) is 49.4 Å². The summed E-state index contributed by atoms with van der Waals surface area (Å²) >= 11 is 1.65. The summed E-state index contributed by atoms with van der Waals surface area (Å²) in [5.74, 6) is -0.163. The van der Waals surface area contributed by atoms with Gasteiger partial charge in [0.2, 0.25) is 5.91 Å². The van der Waals surface area contributed by atoms with Gasteiger partial charge in [0, 0.05) is 23.4 Å². The Balaban J connectivity index is 1.88. The van der Waals surface area contributed by atoms with E-state index in [0.29, 0.717) is 18.7 Å². The number of nitrogens with one attached hydrogen (secondary N) is 1. The first-order valence-corrected chi connectivity index (χ1v) is 6.65. The Labute approximate surface area is 108 Å². The summed E-state index contributed by atoms with van der Waals surface area (Å²) in [6.45, 7) is 1.26. The van der Waals surface area contributed by atoms with Crippen LogP contribution in [0.5, 0.6) is 0 Å². The third-order valence-corrected chi connectivity index (χ3v) is 3.92. The molecule has 1 N–H and O–H groups in total. The predicted octanol–water partition coefficient (Wildman–Crippen LogP) is 1.47. The van der Waals surface area contributed by atoms with Crippen molar-refractivity contribution in [2.75, 3.05) is 19.6 Å². The smallest absolute Gasteiger partial charge is 0.254 e. The minimum Gasteiger partial charge on any atom is -0.353 e. The molecule has 2 aromatic rings. The lowest BCUT2D eigenvalue weighted by atomic mass is 10.1. The summed E-state index contributed by atoms with van der Waals surface area (Å²) in [4.78, 5) is 25.1. The highest BCUT2D eigenvalue weighted by Crippen LogP contribution is 2.22. The Morgan fingerprint density at radius 2 is 2.22 bits per heavy atom. The summed E-state index contributed by atoms with van der Waals surface area (Å²) < 4.78 is 1.17.